The van der Waals surface area contributed by atoms with Gasteiger partial charge >= 0.3 is 5.97 Å². The van der Waals surface area contributed by atoms with E-state index in [2.05, 4.69) is 15.9 Å². The molecule has 4 nitrogen and oxygen atoms in total. The largest absolute Gasteiger partial charge is 0.491 e. The Balaban J connectivity index is 2.65. The molecule has 0 heterocycles. The van der Waals surface area contributed by atoms with E-state index >= 15 is 0 Å². The van der Waals surface area contributed by atoms with Crippen LogP contribution in [0.5, 0.6) is 5.75 Å². The fourth-order valence-corrected chi connectivity index (χ4v) is 1.32. The zero-order valence-electron chi connectivity index (χ0n) is 8.24. The minimum absolute atomic E-state index is 0.0351. The maximum Gasteiger partial charge on any atom is 0.324 e. The van der Waals surface area contributed by atoms with E-state index in [9.17, 15) is 4.79 Å². The number of benzene rings is 1. The van der Waals surface area contributed by atoms with Crippen LogP contribution in [0.2, 0.25) is 0 Å². The molecule has 0 spiro atoms. The summed E-state index contributed by atoms with van der Waals surface area (Å²) in [6.45, 7) is 1.85. The molecule has 0 saturated carbocycles. The topological polar surface area (TPSA) is 72.5 Å². The third-order valence-corrected chi connectivity index (χ3v) is 2.38. The highest BCUT2D eigenvalue weighted by atomic mass is 79.9. The molecule has 0 amide bonds. The average molecular weight is 274 g/mol. The molecule has 1 unspecified atom stereocenters. The summed E-state index contributed by atoms with van der Waals surface area (Å²) in [5.41, 5.74) is 6.26. The van der Waals surface area contributed by atoms with Crippen LogP contribution in [0.25, 0.3) is 0 Å². The molecule has 1 rings (SSSR count). The van der Waals surface area contributed by atoms with Crippen molar-refractivity contribution in [3.05, 3.63) is 28.2 Å². The van der Waals surface area contributed by atoms with Crippen molar-refractivity contribution >= 4 is 21.9 Å². The van der Waals surface area contributed by atoms with Crippen molar-refractivity contribution in [3.63, 3.8) is 0 Å². The van der Waals surface area contributed by atoms with Gasteiger partial charge in [0.2, 0.25) is 0 Å². The average Bonchev–Trinajstić information content (AvgIpc) is 2.18. The number of hydrogen-bond acceptors (Lipinski definition) is 3. The van der Waals surface area contributed by atoms with Gasteiger partial charge in [0.1, 0.15) is 18.4 Å². The van der Waals surface area contributed by atoms with Crippen LogP contribution in [0.3, 0.4) is 0 Å². The van der Waals surface area contributed by atoms with Gasteiger partial charge in [-0.3, -0.25) is 4.79 Å². The third kappa shape index (κ3) is 3.53. The van der Waals surface area contributed by atoms with Crippen LogP contribution >= 0.6 is 15.9 Å². The van der Waals surface area contributed by atoms with Gasteiger partial charge in [-0.15, -0.1) is 0 Å². The smallest absolute Gasteiger partial charge is 0.324 e. The summed E-state index contributed by atoms with van der Waals surface area (Å²) in [7, 11) is 0. The molecule has 1 aromatic carbocycles. The third-order valence-electron chi connectivity index (χ3n) is 1.89. The Morgan fingerprint density at radius 1 is 1.67 bits per heavy atom. The summed E-state index contributed by atoms with van der Waals surface area (Å²) >= 11 is 3.30. The number of halogens is 1. The van der Waals surface area contributed by atoms with E-state index in [0.29, 0.717) is 5.75 Å². The van der Waals surface area contributed by atoms with E-state index in [-0.39, 0.29) is 6.61 Å². The van der Waals surface area contributed by atoms with Crippen LogP contribution in [0.15, 0.2) is 22.7 Å². The van der Waals surface area contributed by atoms with Crippen LogP contribution in [0.4, 0.5) is 0 Å². The maximum atomic E-state index is 10.5. The number of nitrogens with two attached hydrogens (primary N) is 1. The van der Waals surface area contributed by atoms with Crippen LogP contribution in [0.1, 0.15) is 5.56 Å². The lowest BCUT2D eigenvalue weighted by Gasteiger charge is -2.11. The zero-order valence-corrected chi connectivity index (χ0v) is 9.82. The molecular formula is C10H12BrNO3. The summed E-state index contributed by atoms with van der Waals surface area (Å²) in [5, 5.41) is 8.57. The molecule has 0 saturated heterocycles. The lowest BCUT2D eigenvalue weighted by atomic mass is 10.2. The SMILES string of the molecule is Cc1ccc(Br)cc1OCC(N)C(=O)O. The molecule has 82 valence electrons. The van der Waals surface area contributed by atoms with Crippen LogP contribution in [-0.4, -0.2) is 23.7 Å². The van der Waals surface area contributed by atoms with Crippen molar-refractivity contribution in [1.29, 1.82) is 0 Å². The van der Waals surface area contributed by atoms with Crippen LogP contribution < -0.4 is 10.5 Å². The number of rotatable bonds is 4. The number of ether oxygens (including phenoxy) is 1. The van der Waals surface area contributed by atoms with Crippen molar-refractivity contribution in [2.75, 3.05) is 6.61 Å². The second-order valence-electron chi connectivity index (χ2n) is 3.17. The second-order valence-corrected chi connectivity index (χ2v) is 4.08. The predicted molar refractivity (Wildman–Crippen MR) is 60.0 cm³/mol. The Kier molecular flexibility index (Phi) is 4.11. The molecule has 15 heavy (non-hydrogen) atoms. The van der Waals surface area contributed by atoms with Gasteiger partial charge in [-0.05, 0) is 24.6 Å². The summed E-state index contributed by atoms with van der Waals surface area (Å²) in [4.78, 5) is 10.5. The molecule has 0 aliphatic heterocycles. The predicted octanol–water partition coefficient (Wildman–Crippen LogP) is 1.55. The highest BCUT2D eigenvalue weighted by Crippen LogP contribution is 2.22. The van der Waals surface area contributed by atoms with Crippen LogP contribution in [0, 0.1) is 6.92 Å². The molecule has 0 aromatic heterocycles. The number of hydrogen-bond donors (Lipinski definition) is 2. The second kappa shape index (κ2) is 5.14. The first-order chi connectivity index (χ1) is 7.00. The summed E-state index contributed by atoms with van der Waals surface area (Å²) in [6.07, 6.45) is 0. The first-order valence-electron chi connectivity index (χ1n) is 4.38. The molecular weight excluding hydrogens is 262 g/mol. The number of aliphatic carboxylic acids is 1. The number of aryl methyl sites for hydroxylation is 1. The minimum Gasteiger partial charge on any atom is -0.491 e. The van der Waals surface area contributed by atoms with E-state index in [1.54, 1.807) is 6.07 Å². The van der Waals surface area contributed by atoms with E-state index in [0.717, 1.165) is 10.0 Å². The highest BCUT2D eigenvalue weighted by Gasteiger charge is 2.12. The van der Waals surface area contributed by atoms with Crippen LogP contribution in [-0.2, 0) is 4.79 Å². The Morgan fingerprint density at radius 3 is 2.93 bits per heavy atom. The van der Waals surface area contributed by atoms with Gasteiger partial charge in [-0.25, -0.2) is 0 Å². The lowest BCUT2D eigenvalue weighted by Crippen LogP contribution is -2.36. The summed E-state index contributed by atoms with van der Waals surface area (Å²) in [5.74, 6) is -0.427. The first kappa shape index (κ1) is 12.0. The van der Waals surface area contributed by atoms with E-state index in [1.807, 2.05) is 19.1 Å². The van der Waals surface area contributed by atoms with Crippen molar-refractivity contribution in [1.82, 2.24) is 0 Å². The van der Waals surface area contributed by atoms with Crippen molar-refractivity contribution in [3.8, 4) is 5.75 Å². The van der Waals surface area contributed by atoms with Gasteiger partial charge in [0, 0.05) is 4.47 Å². The molecule has 3 N–H and O–H groups in total. The quantitative estimate of drug-likeness (QED) is 0.873. The van der Waals surface area contributed by atoms with Gasteiger partial charge in [-0.2, -0.15) is 0 Å². The van der Waals surface area contributed by atoms with Gasteiger partial charge < -0.3 is 15.6 Å². The van der Waals surface area contributed by atoms with Crippen molar-refractivity contribution in [2.24, 2.45) is 5.73 Å². The molecule has 0 bridgehead atoms. The molecule has 0 fully saturated rings. The minimum atomic E-state index is -1.07. The number of carboxylic acid groups (broad SMARTS) is 1. The van der Waals surface area contributed by atoms with E-state index in [1.165, 1.54) is 0 Å². The Bertz CT molecular complexity index is 368. The Labute approximate surface area is 96.2 Å². The highest BCUT2D eigenvalue weighted by molar-refractivity contribution is 9.10. The molecule has 0 aliphatic rings. The normalized spacial score (nSPS) is 12.2. The maximum absolute atomic E-state index is 10.5. The molecule has 0 radical (unpaired) electrons. The Morgan fingerprint density at radius 2 is 2.33 bits per heavy atom. The zero-order chi connectivity index (χ0) is 11.4. The van der Waals surface area contributed by atoms with E-state index in [4.69, 9.17) is 15.6 Å². The van der Waals surface area contributed by atoms with E-state index < -0.39 is 12.0 Å². The Hall–Kier alpha value is -1.07. The lowest BCUT2D eigenvalue weighted by molar-refractivity contribution is -0.139. The first-order valence-corrected chi connectivity index (χ1v) is 5.17. The van der Waals surface area contributed by atoms with Gasteiger partial charge in [0.25, 0.3) is 0 Å². The fourth-order valence-electron chi connectivity index (χ4n) is 0.980. The monoisotopic (exact) mass is 273 g/mol. The van der Waals surface area contributed by atoms with Gasteiger partial charge in [-0.1, -0.05) is 22.0 Å². The number of carbonyl (C=O) groups is 1. The molecule has 1 atom stereocenters. The fraction of sp³-hybridized carbons (Fsp3) is 0.300. The van der Waals surface area contributed by atoms with Gasteiger partial charge in [0.05, 0.1) is 0 Å². The standard InChI is InChI=1S/C10H12BrNO3/c1-6-2-3-7(11)4-9(6)15-5-8(12)10(13)14/h2-4,8H,5,12H2,1H3,(H,13,14). The molecule has 0 aliphatic carbocycles. The molecule has 5 heteroatoms. The number of carboxylic acids is 1. The van der Waals surface area contributed by atoms with Crippen molar-refractivity contribution in [2.45, 2.75) is 13.0 Å². The van der Waals surface area contributed by atoms with Crippen molar-refractivity contribution < 1.29 is 14.6 Å². The summed E-state index contributed by atoms with van der Waals surface area (Å²) < 4.78 is 6.19. The summed E-state index contributed by atoms with van der Waals surface area (Å²) in [6, 6.07) is 4.55. The van der Waals surface area contributed by atoms with Gasteiger partial charge in [0.15, 0.2) is 0 Å². The molecule has 1 aromatic rings.